The van der Waals surface area contributed by atoms with Crippen LogP contribution >= 0.6 is 0 Å². The van der Waals surface area contributed by atoms with Gasteiger partial charge in [0.1, 0.15) is 5.75 Å². The molecule has 0 bridgehead atoms. The van der Waals surface area contributed by atoms with Crippen LogP contribution in [0.2, 0.25) is 0 Å². The number of likely N-dealkylation sites (tertiary alicyclic amines) is 1. The number of carbonyl (C=O) groups is 1. The van der Waals surface area contributed by atoms with Crippen molar-refractivity contribution in [1.82, 2.24) is 4.90 Å². The molecule has 1 aliphatic rings. The van der Waals surface area contributed by atoms with Crippen molar-refractivity contribution in [2.45, 2.75) is 19.3 Å². The topological polar surface area (TPSA) is 89.3 Å². The van der Waals surface area contributed by atoms with E-state index in [2.05, 4.69) is 10.0 Å². The van der Waals surface area contributed by atoms with Gasteiger partial charge in [0.15, 0.2) is 0 Å². The van der Waals surface area contributed by atoms with Crippen molar-refractivity contribution in [1.29, 1.82) is 0 Å². The molecule has 1 aromatic carbocycles. The molecule has 1 saturated heterocycles. The number of hydrogen-bond acceptors (Lipinski definition) is 3. The number of aromatic hydroxyl groups is 1. The fourth-order valence-corrected chi connectivity index (χ4v) is 2.08. The summed E-state index contributed by atoms with van der Waals surface area (Å²) in [6, 6.07) is 4.32. The zero-order chi connectivity index (χ0) is 13.0. The molecule has 1 aromatic rings. The Morgan fingerprint density at radius 3 is 2.67 bits per heavy atom. The number of nitrogens with zero attached hydrogens (tertiary/aromatic N) is 4. The van der Waals surface area contributed by atoms with Gasteiger partial charge in [-0.25, -0.2) is 0 Å². The number of carbonyl (C=O) groups excluding carboxylic acids is 1. The Kier molecular flexibility index (Phi) is 3.69. The summed E-state index contributed by atoms with van der Waals surface area (Å²) in [6.07, 6.45) is 3.15. The minimum atomic E-state index is -0.167. The molecule has 2 rings (SSSR count). The van der Waals surface area contributed by atoms with Gasteiger partial charge in [-0.3, -0.25) is 4.79 Å². The number of amides is 1. The molecule has 6 heteroatoms. The summed E-state index contributed by atoms with van der Waals surface area (Å²) >= 11 is 0. The largest absolute Gasteiger partial charge is 0.507 e. The van der Waals surface area contributed by atoms with E-state index in [4.69, 9.17) is 5.53 Å². The fraction of sp³-hybridized carbons (Fsp3) is 0.417. The second-order valence-electron chi connectivity index (χ2n) is 4.24. The second kappa shape index (κ2) is 5.42. The van der Waals surface area contributed by atoms with Crippen LogP contribution in [0.3, 0.4) is 0 Å². The van der Waals surface area contributed by atoms with E-state index in [1.807, 2.05) is 0 Å². The number of piperidine rings is 1. The Balaban J connectivity index is 2.22. The summed E-state index contributed by atoms with van der Waals surface area (Å²) in [7, 11) is 0. The number of benzene rings is 1. The highest BCUT2D eigenvalue weighted by atomic mass is 16.3. The molecule has 0 atom stereocenters. The van der Waals surface area contributed by atoms with Gasteiger partial charge in [-0.15, -0.1) is 0 Å². The molecule has 1 fully saturated rings. The maximum Gasteiger partial charge on any atom is 0.257 e. The quantitative estimate of drug-likeness (QED) is 0.493. The average Bonchev–Trinajstić information content (AvgIpc) is 2.40. The number of hydrogen-bond donors (Lipinski definition) is 1. The number of phenols is 1. The van der Waals surface area contributed by atoms with Gasteiger partial charge in [-0.1, -0.05) is 11.2 Å². The minimum absolute atomic E-state index is 0.143. The Morgan fingerprint density at radius 2 is 2.06 bits per heavy atom. The molecule has 0 saturated carbocycles. The summed E-state index contributed by atoms with van der Waals surface area (Å²) in [5.41, 5.74) is 8.85. The van der Waals surface area contributed by atoms with E-state index in [0.29, 0.717) is 5.69 Å². The molecule has 94 valence electrons. The highest BCUT2D eigenvalue weighted by Gasteiger charge is 2.20. The summed E-state index contributed by atoms with van der Waals surface area (Å²) in [5.74, 6) is -0.310. The molecule has 1 heterocycles. The molecular formula is C12H14N4O2. The maximum atomic E-state index is 12.2. The molecule has 1 amide bonds. The highest BCUT2D eigenvalue weighted by molar-refractivity contribution is 5.97. The molecule has 0 spiro atoms. The smallest absolute Gasteiger partial charge is 0.257 e. The zero-order valence-corrected chi connectivity index (χ0v) is 9.91. The number of rotatable bonds is 2. The Bertz CT molecular complexity index is 503. The summed E-state index contributed by atoms with van der Waals surface area (Å²) in [6.45, 7) is 1.47. The van der Waals surface area contributed by atoms with E-state index in [-0.39, 0.29) is 17.2 Å². The summed E-state index contributed by atoms with van der Waals surface area (Å²) < 4.78 is 0. The normalized spacial score (nSPS) is 15.0. The SMILES string of the molecule is [N-]=[N+]=Nc1ccc(C(=O)N2CCCCC2)c(O)c1. The molecule has 0 unspecified atom stereocenters. The first kappa shape index (κ1) is 12.3. The molecule has 1 aliphatic heterocycles. The predicted octanol–water partition coefficient (Wildman–Crippen LogP) is 2.96. The zero-order valence-electron chi connectivity index (χ0n) is 9.91. The van der Waals surface area contributed by atoms with E-state index in [0.717, 1.165) is 32.4 Å². The van der Waals surface area contributed by atoms with Gasteiger partial charge in [-0.05, 0) is 36.9 Å². The second-order valence-corrected chi connectivity index (χ2v) is 4.24. The lowest BCUT2D eigenvalue weighted by atomic mass is 10.1. The van der Waals surface area contributed by atoms with Crippen LogP contribution < -0.4 is 0 Å². The van der Waals surface area contributed by atoms with E-state index >= 15 is 0 Å². The van der Waals surface area contributed by atoms with E-state index < -0.39 is 0 Å². The predicted molar refractivity (Wildman–Crippen MR) is 66.7 cm³/mol. The molecule has 0 aromatic heterocycles. The third kappa shape index (κ3) is 2.55. The van der Waals surface area contributed by atoms with Crippen LogP contribution in [0, 0.1) is 0 Å². The van der Waals surface area contributed by atoms with E-state index in [9.17, 15) is 9.90 Å². The van der Waals surface area contributed by atoms with Gasteiger partial charge in [-0.2, -0.15) is 0 Å². The third-order valence-corrected chi connectivity index (χ3v) is 3.02. The van der Waals surface area contributed by atoms with Crippen LogP contribution in [-0.2, 0) is 0 Å². The summed E-state index contributed by atoms with van der Waals surface area (Å²) in [5, 5.41) is 13.2. The molecule has 1 N–H and O–H groups in total. The fourth-order valence-electron chi connectivity index (χ4n) is 2.08. The first-order chi connectivity index (χ1) is 8.72. The van der Waals surface area contributed by atoms with Crippen LogP contribution in [-0.4, -0.2) is 29.0 Å². The van der Waals surface area contributed by atoms with Crippen molar-refractivity contribution in [3.05, 3.63) is 34.2 Å². The van der Waals surface area contributed by atoms with Gasteiger partial charge >= 0.3 is 0 Å². The molecule has 0 radical (unpaired) electrons. The monoisotopic (exact) mass is 246 g/mol. The first-order valence-electron chi connectivity index (χ1n) is 5.90. The lowest BCUT2D eigenvalue weighted by Gasteiger charge is -2.27. The molecular weight excluding hydrogens is 232 g/mol. The van der Waals surface area contributed by atoms with Crippen LogP contribution in [0.1, 0.15) is 29.6 Å². The Labute approximate surface area is 104 Å². The molecule has 6 nitrogen and oxygen atoms in total. The van der Waals surface area contributed by atoms with Gasteiger partial charge in [0, 0.05) is 23.7 Å². The first-order valence-corrected chi connectivity index (χ1v) is 5.90. The van der Waals surface area contributed by atoms with Gasteiger partial charge < -0.3 is 10.0 Å². The summed E-state index contributed by atoms with van der Waals surface area (Å²) in [4.78, 5) is 16.5. The molecule has 18 heavy (non-hydrogen) atoms. The number of azide groups is 1. The van der Waals surface area contributed by atoms with Crippen molar-refractivity contribution in [2.75, 3.05) is 13.1 Å². The lowest BCUT2D eigenvalue weighted by Crippen LogP contribution is -2.35. The Hall–Kier alpha value is -2.20. The van der Waals surface area contributed by atoms with Crippen molar-refractivity contribution >= 4 is 11.6 Å². The highest BCUT2D eigenvalue weighted by Crippen LogP contribution is 2.26. The molecule has 0 aliphatic carbocycles. The van der Waals surface area contributed by atoms with Crippen molar-refractivity contribution in [3.63, 3.8) is 0 Å². The standard InChI is InChI=1S/C12H14N4O2/c13-15-14-9-4-5-10(11(17)8-9)12(18)16-6-2-1-3-7-16/h4-5,8,17H,1-3,6-7H2. The van der Waals surface area contributed by atoms with E-state index in [1.165, 1.54) is 18.2 Å². The van der Waals surface area contributed by atoms with Crippen molar-refractivity contribution in [2.24, 2.45) is 5.11 Å². The van der Waals surface area contributed by atoms with Crippen LogP contribution in [0.25, 0.3) is 10.4 Å². The Morgan fingerprint density at radius 1 is 1.33 bits per heavy atom. The average molecular weight is 246 g/mol. The minimum Gasteiger partial charge on any atom is -0.507 e. The van der Waals surface area contributed by atoms with Crippen LogP contribution in [0.5, 0.6) is 5.75 Å². The van der Waals surface area contributed by atoms with Crippen LogP contribution in [0.15, 0.2) is 23.3 Å². The number of phenolic OH excluding ortho intramolecular Hbond substituents is 1. The van der Waals surface area contributed by atoms with Gasteiger partial charge in [0.05, 0.1) is 5.56 Å². The van der Waals surface area contributed by atoms with Crippen LogP contribution in [0.4, 0.5) is 5.69 Å². The lowest BCUT2D eigenvalue weighted by molar-refractivity contribution is 0.0721. The van der Waals surface area contributed by atoms with Crippen molar-refractivity contribution < 1.29 is 9.90 Å². The van der Waals surface area contributed by atoms with E-state index in [1.54, 1.807) is 4.90 Å². The maximum absolute atomic E-state index is 12.2. The third-order valence-electron chi connectivity index (χ3n) is 3.02. The van der Waals surface area contributed by atoms with Crippen molar-refractivity contribution in [3.8, 4) is 5.75 Å². The van der Waals surface area contributed by atoms with Gasteiger partial charge in [0.2, 0.25) is 0 Å². The van der Waals surface area contributed by atoms with Gasteiger partial charge in [0.25, 0.3) is 5.91 Å².